The topological polar surface area (TPSA) is 79.5 Å². The van der Waals surface area contributed by atoms with Gasteiger partial charge in [0.2, 0.25) is 5.91 Å². The zero-order valence-electron chi connectivity index (χ0n) is 12.5. The van der Waals surface area contributed by atoms with E-state index in [0.29, 0.717) is 17.8 Å². The minimum absolute atomic E-state index is 0.0429. The molecule has 0 bridgehead atoms. The zero-order chi connectivity index (χ0) is 15.4. The molecule has 7 heteroatoms. The van der Waals surface area contributed by atoms with Crippen LogP contribution in [0.4, 0.5) is 0 Å². The SMILES string of the molecule is CN(C)CCNC(=O)CNC(=O)c1cc2occc2n1C. The van der Waals surface area contributed by atoms with Crippen LogP contribution in [0, 0.1) is 0 Å². The number of rotatable bonds is 6. The lowest BCUT2D eigenvalue weighted by Gasteiger charge is -2.11. The molecule has 0 unspecified atom stereocenters. The number of hydrogen-bond acceptors (Lipinski definition) is 4. The van der Waals surface area contributed by atoms with Crippen molar-refractivity contribution in [3.63, 3.8) is 0 Å². The third kappa shape index (κ3) is 3.63. The summed E-state index contributed by atoms with van der Waals surface area (Å²) in [4.78, 5) is 25.6. The lowest BCUT2D eigenvalue weighted by molar-refractivity contribution is -0.120. The molecule has 0 saturated heterocycles. The number of fused-ring (bicyclic) bond motifs is 1. The molecule has 0 spiro atoms. The third-order valence-electron chi connectivity index (χ3n) is 3.19. The molecule has 0 saturated carbocycles. The number of furan rings is 1. The average molecular weight is 292 g/mol. The van der Waals surface area contributed by atoms with Crippen LogP contribution >= 0.6 is 0 Å². The molecule has 0 atom stereocenters. The smallest absolute Gasteiger partial charge is 0.268 e. The van der Waals surface area contributed by atoms with Gasteiger partial charge in [-0.1, -0.05) is 0 Å². The summed E-state index contributed by atoms with van der Waals surface area (Å²) in [6, 6.07) is 3.45. The first-order valence-electron chi connectivity index (χ1n) is 6.71. The molecule has 2 N–H and O–H groups in total. The minimum Gasteiger partial charge on any atom is -0.463 e. The van der Waals surface area contributed by atoms with Gasteiger partial charge in [0.1, 0.15) is 5.69 Å². The van der Waals surface area contributed by atoms with Crippen molar-refractivity contribution in [2.24, 2.45) is 7.05 Å². The molecule has 0 aliphatic heterocycles. The van der Waals surface area contributed by atoms with E-state index in [0.717, 1.165) is 12.1 Å². The Labute approximate surface area is 122 Å². The van der Waals surface area contributed by atoms with E-state index in [1.54, 1.807) is 30.0 Å². The van der Waals surface area contributed by atoms with Crippen LogP contribution in [-0.2, 0) is 11.8 Å². The number of carbonyl (C=O) groups is 2. The van der Waals surface area contributed by atoms with Gasteiger partial charge < -0.3 is 24.5 Å². The quantitative estimate of drug-likeness (QED) is 0.796. The monoisotopic (exact) mass is 292 g/mol. The number of aryl methyl sites for hydroxylation is 1. The summed E-state index contributed by atoms with van der Waals surface area (Å²) < 4.78 is 6.98. The first kappa shape index (κ1) is 15.1. The summed E-state index contributed by atoms with van der Waals surface area (Å²) in [7, 11) is 5.64. The molecule has 2 aromatic heterocycles. The van der Waals surface area contributed by atoms with Crippen LogP contribution in [-0.4, -0.2) is 55.0 Å². The second-order valence-electron chi connectivity index (χ2n) is 5.09. The van der Waals surface area contributed by atoms with Crippen LogP contribution < -0.4 is 10.6 Å². The molecule has 2 rings (SSSR count). The van der Waals surface area contributed by atoms with E-state index in [-0.39, 0.29) is 18.4 Å². The van der Waals surface area contributed by atoms with Crippen molar-refractivity contribution < 1.29 is 14.0 Å². The molecular formula is C14H20N4O3. The van der Waals surface area contributed by atoms with E-state index in [4.69, 9.17) is 4.42 Å². The van der Waals surface area contributed by atoms with Crippen LogP contribution in [0.3, 0.4) is 0 Å². The Bertz CT molecular complexity index is 642. The average Bonchev–Trinajstić information content (AvgIpc) is 2.99. The van der Waals surface area contributed by atoms with Crippen molar-refractivity contribution in [1.29, 1.82) is 0 Å². The van der Waals surface area contributed by atoms with E-state index in [1.807, 2.05) is 19.0 Å². The lowest BCUT2D eigenvalue weighted by Crippen LogP contribution is -2.39. The van der Waals surface area contributed by atoms with Gasteiger partial charge in [-0.3, -0.25) is 9.59 Å². The first-order valence-corrected chi connectivity index (χ1v) is 6.71. The Morgan fingerprint density at radius 1 is 1.33 bits per heavy atom. The number of likely N-dealkylation sites (N-methyl/N-ethyl adjacent to an activating group) is 1. The fourth-order valence-electron chi connectivity index (χ4n) is 2.00. The molecule has 114 valence electrons. The van der Waals surface area contributed by atoms with Gasteiger partial charge in [-0.25, -0.2) is 0 Å². The van der Waals surface area contributed by atoms with Gasteiger partial charge in [0.05, 0.1) is 18.3 Å². The first-order chi connectivity index (χ1) is 9.99. The van der Waals surface area contributed by atoms with Gasteiger partial charge in [-0.15, -0.1) is 0 Å². The second kappa shape index (κ2) is 6.45. The maximum Gasteiger partial charge on any atom is 0.268 e. The number of aromatic nitrogens is 1. The van der Waals surface area contributed by atoms with Crippen molar-refractivity contribution in [1.82, 2.24) is 20.1 Å². The van der Waals surface area contributed by atoms with Gasteiger partial charge in [-0.05, 0) is 14.1 Å². The third-order valence-corrected chi connectivity index (χ3v) is 3.19. The summed E-state index contributed by atoms with van der Waals surface area (Å²) in [5.74, 6) is -0.505. The summed E-state index contributed by atoms with van der Waals surface area (Å²) in [6.07, 6.45) is 1.57. The number of nitrogens with one attached hydrogen (secondary N) is 2. The molecule has 0 radical (unpaired) electrons. The number of hydrogen-bond donors (Lipinski definition) is 2. The number of amides is 2. The Balaban J connectivity index is 1.85. The second-order valence-corrected chi connectivity index (χ2v) is 5.09. The molecular weight excluding hydrogens is 272 g/mol. The van der Waals surface area contributed by atoms with Gasteiger partial charge >= 0.3 is 0 Å². The molecule has 2 heterocycles. The van der Waals surface area contributed by atoms with Crippen LogP contribution in [0.15, 0.2) is 22.8 Å². The van der Waals surface area contributed by atoms with Gasteiger partial charge in [0.15, 0.2) is 5.58 Å². The molecule has 0 fully saturated rings. The maximum absolute atomic E-state index is 12.1. The van der Waals surface area contributed by atoms with Crippen molar-refractivity contribution in [3.05, 3.63) is 24.1 Å². The summed E-state index contributed by atoms with van der Waals surface area (Å²) in [5.41, 5.74) is 1.96. The van der Waals surface area contributed by atoms with Crippen LogP contribution in [0.25, 0.3) is 11.1 Å². The standard InChI is InChI=1S/C14H20N4O3/c1-17(2)6-5-15-13(19)9-16-14(20)11-8-12-10(18(11)3)4-7-21-12/h4,7-8H,5-6,9H2,1-3H3,(H,15,19)(H,16,20). The van der Waals surface area contributed by atoms with E-state index in [2.05, 4.69) is 10.6 Å². The molecule has 0 aliphatic carbocycles. The van der Waals surface area contributed by atoms with Crippen molar-refractivity contribution in [2.45, 2.75) is 0 Å². The van der Waals surface area contributed by atoms with E-state index in [9.17, 15) is 9.59 Å². The predicted octanol–water partition coefficient (Wildman–Crippen LogP) is 0.179. The van der Waals surface area contributed by atoms with Gasteiger partial charge in [-0.2, -0.15) is 0 Å². The summed E-state index contributed by atoms with van der Waals surface area (Å²) in [6.45, 7) is 1.27. The highest BCUT2D eigenvalue weighted by molar-refractivity contribution is 5.99. The van der Waals surface area contributed by atoms with Gasteiger partial charge in [0.25, 0.3) is 5.91 Å². The molecule has 0 aromatic carbocycles. The predicted molar refractivity (Wildman–Crippen MR) is 79.1 cm³/mol. The van der Waals surface area contributed by atoms with E-state index in [1.165, 1.54) is 0 Å². The molecule has 2 amide bonds. The number of nitrogens with zero attached hydrogens (tertiary/aromatic N) is 2. The van der Waals surface area contributed by atoms with Crippen LogP contribution in [0.1, 0.15) is 10.5 Å². The van der Waals surface area contributed by atoms with Crippen molar-refractivity contribution in [2.75, 3.05) is 33.7 Å². The number of carbonyl (C=O) groups excluding carboxylic acids is 2. The highest BCUT2D eigenvalue weighted by atomic mass is 16.3. The Morgan fingerprint density at radius 3 is 2.76 bits per heavy atom. The molecule has 7 nitrogen and oxygen atoms in total. The maximum atomic E-state index is 12.1. The molecule has 21 heavy (non-hydrogen) atoms. The Morgan fingerprint density at radius 2 is 2.10 bits per heavy atom. The zero-order valence-corrected chi connectivity index (χ0v) is 12.5. The summed E-state index contributed by atoms with van der Waals surface area (Å²) >= 11 is 0. The highest BCUT2D eigenvalue weighted by Crippen LogP contribution is 2.19. The normalized spacial score (nSPS) is 11.0. The van der Waals surface area contributed by atoms with E-state index < -0.39 is 0 Å². The Kier molecular flexibility index (Phi) is 4.64. The van der Waals surface area contributed by atoms with Crippen LogP contribution in [0.5, 0.6) is 0 Å². The molecule has 2 aromatic rings. The summed E-state index contributed by atoms with van der Waals surface area (Å²) in [5, 5.41) is 5.34. The molecule has 0 aliphatic rings. The largest absolute Gasteiger partial charge is 0.463 e. The van der Waals surface area contributed by atoms with E-state index >= 15 is 0 Å². The Hall–Kier alpha value is -2.28. The van der Waals surface area contributed by atoms with Gasteiger partial charge in [0, 0.05) is 32.3 Å². The fourth-order valence-corrected chi connectivity index (χ4v) is 2.00. The minimum atomic E-state index is -0.299. The van der Waals surface area contributed by atoms with Crippen molar-refractivity contribution >= 4 is 22.9 Å². The van der Waals surface area contributed by atoms with Crippen molar-refractivity contribution in [3.8, 4) is 0 Å². The highest BCUT2D eigenvalue weighted by Gasteiger charge is 2.15. The fraction of sp³-hybridized carbons (Fsp3) is 0.429. The van der Waals surface area contributed by atoms with Crippen LogP contribution in [0.2, 0.25) is 0 Å². The lowest BCUT2D eigenvalue weighted by atomic mass is 10.4.